The highest BCUT2D eigenvalue weighted by Gasteiger charge is 2.38. The van der Waals surface area contributed by atoms with E-state index in [1.54, 1.807) is 18.9 Å². The van der Waals surface area contributed by atoms with E-state index in [1.165, 1.54) is 11.3 Å². The zero-order chi connectivity index (χ0) is 15.0. The molecule has 1 aromatic heterocycles. The summed E-state index contributed by atoms with van der Waals surface area (Å²) in [4.78, 5) is 27.0. The summed E-state index contributed by atoms with van der Waals surface area (Å²) < 4.78 is 5.18. The van der Waals surface area contributed by atoms with Crippen molar-refractivity contribution in [3.05, 3.63) is 44.4 Å². The number of aromatic amines is 1. The summed E-state index contributed by atoms with van der Waals surface area (Å²) >= 11 is 2.77. The van der Waals surface area contributed by atoms with E-state index in [0.717, 1.165) is 27.5 Å². The second-order valence-corrected chi connectivity index (χ2v) is 7.40. The molecule has 3 rings (SSSR count). The Morgan fingerprint density at radius 3 is 2.62 bits per heavy atom. The van der Waals surface area contributed by atoms with Crippen LogP contribution in [-0.2, 0) is 4.79 Å². The predicted octanol–water partition coefficient (Wildman–Crippen LogP) is 2.89. The van der Waals surface area contributed by atoms with Gasteiger partial charge in [-0.15, -0.1) is 11.8 Å². The smallest absolute Gasteiger partial charge is 0.305 e. The van der Waals surface area contributed by atoms with Crippen molar-refractivity contribution in [3.8, 4) is 5.75 Å². The number of nitrogens with one attached hydrogen (secondary N) is 1. The number of aromatic nitrogens is 1. The molecule has 0 radical (unpaired) electrons. The first kappa shape index (κ1) is 14.4. The van der Waals surface area contributed by atoms with Crippen LogP contribution in [0.5, 0.6) is 5.75 Å². The van der Waals surface area contributed by atoms with Crippen LogP contribution in [-0.4, -0.2) is 23.6 Å². The van der Waals surface area contributed by atoms with Crippen molar-refractivity contribution >= 4 is 29.4 Å². The number of ether oxygens (including phenoxy) is 1. The maximum Gasteiger partial charge on any atom is 0.305 e. The Morgan fingerprint density at radius 1 is 1.29 bits per heavy atom. The van der Waals surface area contributed by atoms with Crippen molar-refractivity contribution in [2.24, 2.45) is 5.92 Å². The molecule has 1 aliphatic heterocycles. The van der Waals surface area contributed by atoms with Gasteiger partial charge in [0.15, 0.2) is 0 Å². The topological polar surface area (TPSA) is 59.2 Å². The summed E-state index contributed by atoms with van der Waals surface area (Å²) in [6.07, 6.45) is 1.01. The minimum absolute atomic E-state index is 0.0650. The number of methoxy groups -OCH3 is 1. The highest BCUT2D eigenvalue weighted by atomic mass is 32.2. The highest BCUT2D eigenvalue weighted by molar-refractivity contribution is 8.00. The number of thioether (sulfide) groups is 1. The molecule has 0 spiro atoms. The molecule has 110 valence electrons. The number of thiazole rings is 1. The van der Waals surface area contributed by atoms with Gasteiger partial charge in [0.25, 0.3) is 0 Å². The summed E-state index contributed by atoms with van der Waals surface area (Å²) in [5, 5.41) is 1.03. The standard InChI is InChI=1S/C15H15NO3S2/c1-8-11(7-17)12(9-3-5-10(19-2)6-4-9)13-14(20-8)16-15(18)21-13/h3-8,11-12H,1-2H3,(H,16,18)/t8-,11-,12-/m1/s1. The Hall–Kier alpha value is -1.53. The van der Waals surface area contributed by atoms with Gasteiger partial charge in [-0.2, -0.15) is 0 Å². The van der Waals surface area contributed by atoms with Crippen LogP contribution in [0.3, 0.4) is 0 Å². The number of hydrogen-bond acceptors (Lipinski definition) is 5. The Balaban J connectivity index is 2.11. The molecule has 1 aromatic carbocycles. The van der Waals surface area contributed by atoms with Gasteiger partial charge in [0.2, 0.25) is 0 Å². The molecule has 1 aliphatic rings. The van der Waals surface area contributed by atoms with Gasteiger partial charge in [0, 0.05) is 22.0 Å². The van der Waals surface area contributed by atoms with Crippen LogP contribution in [0.4, 0.5) is 0 Å². The van der Waals surface area contributed by atoms with Crippen LogP contribution in [0, 0.1) is 5.92 Å². The second-order valence-electron chi connectivity index (χ2n) is 5.00. The molecule has 0 bridgehead atoms. The molecular formula is C15H15NO3S2. The third kappa shape index (κ3) is 2.53. The number of carbonyl (C=O) groups is 1. The first-order chi connectivity index (χ1) is 10.1. The highest BCUT2D eigenvalue weighted by Crippen LogP contribution is 2.48. The van der Waals surface area contributed by atoms with E-state index in [4.69, 9.17) is 4.74 Å². The number of H-pyrrole nitrogens is 1. The third-order valence-electron chi connectivity index (χ3n) is 3.79. The van der Waals surface area contributed by atoms with Crippen LogP contribution in [0.25, 0.3) is 0 Å². The molecule has 4 nitrogen and oxygen atoms in total. The van der Waals surface area contributed by atoms with Crippen molar-refractivity contribution in [2.45, 2.75) is 23.1 Å². The zero-order valence-corrected chi connectivity index (χ0v) is 13.3. The summed E-state index contributed by atoms with van der Waals surface area (Å²) in [6.45, 7) is 2.03. The normalized spacial score (nSPS) is 24.4. The summed E-state index contributed by atoms with van der Waals surface area (Å²) in [5.74, 6) is 0.577. The lowest BCUT2D eigenvalue weighted by atomic mass is 9.83. The number of aldehydes is 1. The maximum atomic E-state index is 11.7. The van der Waals surface area contributed by atoms with Gasteiger partial charge in [-0.25, -0.2) is 0 Å². The number of carbonyl (C=O) groups excluding carboxylic acids is 1. The summed E-state index contributed by atoms with van der Waals surface area (Å²) in [7, 11) is 1.62. The van der Waals surface area contributed by atoms with Gasteiger partial charge in [0.1, 0.15) is 12.0 Å². The van der Waals surface area contributed by atoms with Crippen molar-refractivity contribution < 1.29 is 9.53 Å². The molecule has 2 heterocycles. The number of hydrogen-bond donors (Lipinski definition) is 1. The van der Waals surface area contributed by atoms with Crippen LogP contribution < -0.4 is 9.61 Å². The van der Waals surface area contributed by atoms with E-state index in [9.17, 15) is 9.59 Å². The number of fused-ring (bicyclic) bond motifs is 1. The van der Waals surface area contributed by atoms with E-state index in [-0.39, 0.29) is 22.0 Å². The lowest BCUT2D eigenvalue weighted by molar-refractivity contribution is -0.111. The van der Waals surface area contributed by atoms with E-state index in [2.05, 4.69) is 4.98 Å². The fourth-order valence-electron chi connectivity index (χ4n) is 2.70. The molecule has 0 unspecified atom stereocenters. The molecule has 0 amide bonds. The molecule has 2 aromatic rings. The van der Waals surface area contributed by atoms with Crippen molar-refractivity contribution in [1.29, 1.82) is 0 Å². The van der Waals surface area contributed by atoms with Crippen molar-refractivity contribution in [1.82, 2.24) is 4.98 Å². The molecule has 0 saturated carbocycles. The molecule has 1 N–H and O–H groups in total. The first-order valence-corrected chi connectivity index (χ1v) is 8.32. The maximum absolute atomic E-state index is 11.7. The Kier molecular flexibility index (Phi) is 3.91. The lowest BCUT2D eigenvalue weighted by Gasteiger charge is -2.32. The largest absolute Gasteiger partial charge is 0.497 e. The molecule has 6 heteroatoms. The van der Waals surface area contributed by atoms with Crippen LogP contribution in [0.15, 0.2) is 34.1 Å². The molecule has 3 atom stereocenters. The van der Waals surface area contributed by atoms with Crippen LogP contribution in [0.1, 0.15) is 23.3 Å². The Labute approximate surface area is 130 Å². The van der Waals surface area contributed by atoms with E-state index >= 15 is 0 Å². The number of benzene rings is 1. The Morgan fingerprint density at radius 2 is 2.00 bits per heavy atom. The molecule has 0 aliphatic carbocycles. The van der Waals surface area contributed by atoms with Gasteiger partial charge < -0.3 is 14.5 Å². The monoisotopic (exact) mass is 321 g/mol. The average molecular weight is 321 g/mol. The quantitative estimate of drug-likeness (QED) is 0.883. The van der Waals surface area contributed by atoms with Gasteiger partial charge in [0.05, 0.1) is 12.1 Å². The fourth-order valence-corrected chi connectivity index (χ4v) is 5.10. The summed E-state index contributed by atoms with van der Waals surface area (Å²) in [6, 6.07) is 7.71. The molecule has 0 saturated heterocycles. The van der Waals surface area contributed by atoms with Crippen molar-refractivity contribution in [2.75, 3.05) is 7.11 Å². The molecular weight excluding hydrogens is 306 g/mol. The minimum Gasteiger partial charge on any atom is -0.497 e. The SMILES string of the molecule is COc1ccc([C@H]2c3sc(=O)[nH]c3S[C@H](C)[C@H]2C=O)cc1. The Bertz CT molecular complexity index is 704. The van der Waals surface area contributed by atoms with Gasteiger partial charge in [-0.05, 0) is 17.7 Å². The second kappa shape index (κ2) is 5.69. The van der Waals surface area contributed by atoms with Gasteiger partial charge in [-0.1, -0.05) is 30.4 Å². The average Bonchev–Trinajstić information content (AvgIpc) is 2.85. The van der Waals surface area contributed by atoms with E-state index in [0.29, 0.717) is 0 Å². The number of rotatable bonds is 3. The zero-order valence-electron chi connectivity index (χ0n) is 11.7. The van der Waals surface area contributed by atoms with Gasteiger partial charge in [-0.3, -0.25) is 4.79 Å². The fraction of sp³-hybridized carbons (Fsp3) is 0.333. The van der Waals surface area contributed by atoms with Crippen molar-refractivity contribution in [3.63, 3.8) is 0 Å². The van der Waals surface area contributed by atoms with Crippen LogP contribution in [0.2, 0.25) is 0 Å². The molecule has 21 heavy (non-hydrogen) atoms. The van der Waals surface area contributed by atoms with E-state index in [1.807, 2.05) is 31.2 Å². The minimum atomic E-state index is -0.137. The molecule has 0 fully saturated rings. The van der Waals surface area contributed by atoms with Gasteiger partial charge >= 0.3 is 4.87 Å². The van der Waals surface area contributed by atoms with Crippen LogP contribution >= 0.6 is 23.1 Å². The predicted molar refractivity (Wildman–Crippen MR) is 84.6 cm³/mol. The third-order valence-corrected chi connectivity index (χ3v) is 6.13. The summed E-state index contributed by atoms with van der Waals surface area (Å²) in [5.41, 5.74) is 1.04. The lowest BCUT2D eigenvalue weighted by Crippen LogP contribution is -2.28. The first-order valence-electron chi connectivity index (χ1n) is 6.63. The van der Waals surface area contributed by atoms with E-state index < -0.39 is 0 Å².